The normalized spacial score (nSPS) is 15.7. The summed E-state index contributed by atoms with van der Waals surface area (Å²) in [6.07, 6.45) is 5.23. The van der Waals surface area contributed by atoms with Gasteiger partial charge in [0, 0.05) is 0 Å². The molecule has 1 aromatic rings. The van der Waals surface area contributed by atoms with Crippen LogP contribution in [-0.2, 0) is 0 Å². The molecule has 1 unspecified atom stereocenters. The lowest BCUT2D eigenvalue weighted by atomic mass is 10.1. The van der Waals surface area contributed by atoms with Crippen molar-refractivity contribution < 1.29 is 9.47 Å². The third kappa shape index (κ3) is 1.52. The number of hydrogen-bond donors (Lipinski definition) is 1. The van der Waals surface area contributed by atoms with E-state index in [1.54, 1.807) is 0 Å². The molecule has 0 saturated carbocycles. The molecule has 0 radical (unpaired) electrons. The average molecular weight is 189 g/mol. The molecule has 3 nitrogen and oxygen atoms in total. The minimum atomic E-state index is -0.383. The van der Waals surface area contributed by atoms with Crippen LogP contribution in [0.15, 0.2) is 18.2 Å². The van der Waals surface area contributed by atoms with E-state index in [-0.39, 0.29) is 6.04 Å². The maximum Gasteiger partial charge on any atom is 0.161 e. The summed E-state index contributed by atoms with van der Waals surface area (Å²) in [6.45, 7) is 1.16. The van der Waals surface area contributed by atoms with Crippen molar-refractivity contribution in [2.24, 2.45) is 5.73 Å². The number of fused-ring (bicyclic) bond motifs is 1. The van der Waals surface area contributed by atoms with Gasteiger partial charge in [-0.15, -0.1) is 6.42 Å². The molecule has 0 saturated heterocycles. The highest BCUT2D eigenvalue weighted by Gasteiger charge is 2.13. The zero-order valence-corrected chi connectivity index (χ0v) is 7.69. The second-order valence-electron chi connectivity index (χ2n) is 3.05. The van der Waals surface area contributed by atoms with Crippen LogP contribution in [0.3, 0.4) is 0 Å². The smallest absolute Gasteiger partial charge is 0.161 e. The average Bonchev–Trinajstić information content (AvgIpc) is 2.27. The first-order chi connectivity index (χ1) is 6.81. The Hall–Kier alpha value is -1.66. The fourth-order valence-corrected chi connectivity index (χ4v) is 1.35. The topological polar surface area (TPSA) is 44.5 Å². The van der Waals surface area contributed by atoms with E-state index in [2.05, 4.69) is 5.92 Å². The molecule has 1 aromatic carbocycles. The predicted molar refractivity (Wildman–Crippen MR) is 53.2 cm³/mol. The zero-order valence-electron chi connectivity index (χ0n) is 7.69. The lowest BCUT2D eigenvalue weighted by molar-refractivity contribution is 0.171. The summed E-state index contributed by atoms with van der Waals surface area (Å²) in [7, 11) is 0. The Morgan fingerprint density at radius 2 is 2.00 bits per heavy atom. The van der Waals surface area contributed by atoms with Crippen LogP contribution in [0.1, 0.15) is 11.6 Å². The van der Waals surface area contributed by atoms with Crippen molar-refractivity contribution in [1.82, 2.24) is 0 Å². The number of nitrogens with two attached hydrogens (primary N) is 1. The van der Waals surface area contributed by atoms with E-state index in [4.69, 9.17) is 21.6 Å². The van der Waals surface area contributed by atoms with E-state index in [0.717, 1.165) is 17.1 Å². The van der Waals surface area contributed by atoms with Crippen LogP contribution >= 0.6 is 0 Å². The van der Waals surface area contributed by atoms with Crippen LogP contribution < -0.4 is 15.2 Å². The predicted octanol–water partition coefficient (Wildman–Crippen LogP) is 1.09. The summed E-state index contributed by atoms with van der Waals surface area (Å²) < 4.78 is 10.8. The molecule has 0 amide bonds. The highest BCUT2D eigenvalue weighted by Crippen LogP contribution is 2.31. The molecule has 72 valence electrons. The molecule has 0 aromatic heterocycles. The summed E-state index contributed by atoms with van der Waals surface area (Å²) >= 11 is 0. The quantitative estimate of drug-likeness (QED) is 0.672. The fraction of sp³-hybridized carbons (Fsp3) is 0.273. The van der Waals surface area contributed by atoms with Crippen LogP contribution in [0, 0.1) is 12.3 Å². The van der Waals surface area contributed by atoms with Crippen LogP contribution in [0.5, 0.6) is 11.5 Å². The van der Waals surface area contributed by atoms with Gasteiger partial charge >= 0.3 is 0 Å². The number of terminal acetylenes is 1. The third-order valence-corrected chi connectivity index (χ3v) is 2.10. The molecule has 1 aliphatic heterocycles. The van der Waals surface area contributed by atoms with Crippen molar-refractivity contribution in [3.05, 3.63) is 23.8 Å². The Morgan fingerprint density at radius 1 is 1.29 bits per heavy atom. The first kappa shape index (κ1) is 8.92. The summed E-state index contributed by atoms with van der Waals surface area (Å²) in [6, 6.07) is 5.14. The van der Waals surface area contributed by atoms with Crippen molar-refractivity contribution >= 4 is 0 Å². The Kier molecular flexibility index (Phi) is 2.30. The molecule has 2 N–H and O–H groups in total. The van der Waals surface area contributed by atoms with Crippen LogP contribution in [0.25, 0.3) is 0 Å². The summed E-state index contributed by atoms with van der Waals surface area (Å²) in [4.78, 5) is 0. The first-order valence-electron chi connectivity index (χ1n) is 4.42. The standard InChI is InChI=1S/C11H11NO2/c1-2-9(12)8-3-4-10-11(7-8)14-6-5-13-10/h1,3-4,7,9H,5-6,12H2. The zero-order chi connectivity index (χ0) is 9.97. The summed E-state index contributed by atoms with van der Waals surface area (Å²) in [5.74, 6) is 3.95. The van der Waals surface area contributed by atoms with Gasteiger partial charge in [-0.3, -0.25) is 0 Å². The molecule has 0 bridgehead atoms. The molecule has 1 heterocycles. The van der Waals surface area contributed by atoms with Gasteiger partial charge in [0.2, 0.25) is 0 Å². The van der Waals surface area contributed by atoms with Crippen LogP contribution in [0.2, 0.25) is 0 Å². The lowest BCUT2D eigenvalue weighted by Gasteiger charge is -2.19. The monoisotopic (exact) mass is 189 g/mol. The largest absolute Gasteiger partial charge is 0.486 e. The highest BCUT2D eigenvalue weighted by atomic mass is 16.6. The van der Waals surface area contributed by atoms with E-state index >= 15 is 0 Å². The molecular formula is C11H11NO2. The first-order valence-corrected chi connectivity index (χ1v) is 4.42. The minimum Gasteiger partial charge on any atom is -0.486 e. The molecule has 0 fully saturated rings. The van der Waals surface area contributed by atoms with Crippen LogP contribution in [0.4, 0.5) is 0 Å². The van der Waals surface area contributed by atoms with E-state index < -0.39 is 0 Å². The third-order valence-electron chi connectivity index (χ3n) is 2.10. The Labute approximate surface area is 82.8 Å². The maximum atomic E-state index is 5.69. The SMILES string of the molecule is C#CC(N)c1ccc2c(c1)OCCO2. The van der Waals surface area contributed by atoms with Crippen molar-refractivity contribution in [2.45, 2.75) is 6.04 Å². The van der Waals surface area contributed by atoms with Gasteiger partial charge in [-0.25, -0.2) is 0 Å². The number of benzene rings is 1. The Morgan fingerprint density at radius 3 is 2.71 bits per heavy atom. The maximum absolute atomic E-state index is 5.69. The van der Waals surface area contributed by atoms with Gasteiger partial charge in [0.15, 0.2) is 11.5 Å². The van der Waals surface area contributed by atoms with Crippen molar-refractivity contribution in [2.75, 3.05) is 13.2 Å². The van der Waals surface area contributed by atoms with Gasteiger partial charge < -0.3 is 15.2 Å². The second kappa shape index (κ2) is 3.60. The summed E-state index contributed by atoms with van der Waals surface area (Å²) in [5, 5.41) is 0. The van der Waals surface area contributed by atoms with Crippen molar-refractivity contribution in [3.63, 3.8) is 0 Å². The van der Waals surface area contributed by atoms with Gasteiger partial charge in [0.05, 0.1) is 6.04 Å². The van der Waals surface area contributed by atoms with Crippen LogP contribution in [-0.4, -0.2) is 13.2 Å². The molecule has 1 atom stereocenters. The number of ether oxygens (including phenoxy) is 2. The fourth-order valence-electron chi connectivity index (χ4n) is 1.35. The molecule has 2 rings (SSSR count). The molecular weight excluding hydrogens is 178 g/mol. The van der Waals surface area contributed by atoms with E-state index in [9.17, 15) is 0 Å². The number of rotatable bonds is 1. The van der Waals surface area contributed by atoms with Gasteiger partial charge in [0.25, 0.3) is 0 Å². The second-order valence-corrected chi connectivity index (χ2v) is 3.05. The van der Waals surface area contributed by atoms with Gasteiger partial charge in [-0.2, -0.15) is 0 Å². The highest BCUT2D eigenvalue weighted by molar-refractivity contribution is 5.45. The van der Waals surface area contributed by atoms with Crippen molar-refractivity contribution in [3.8, 4) is 23.8 Å². The van der Waals surface area contributed by atoms with E-state index in [0.29, 0.717) is 13.2 Å². The molecule has 0 aliphatic carbocycles. The Bertz CT molecular complexity index is 381. The van der Waals surface area contributed by atoms with E-state index in [1.165, 1.54) is 0 Å². The number of hydrogen-bond acceptors (Lipinski definition) is 3. The van der Waals surface area contributed by atoms with Gasteiger partial charge in [0.1, 0.15) is 13.2 Å². The Balaban J connectivity index is 2.34. The molecule has 3 heteroatoms. The van der Waals surface area contributed by atoms with Gasteiger partial charge in [-0.05, 0) is 17.7 Å². The lowest BCUT2D eigenvalue weighted by Crippen LogP contribution is -2.16. The van der Waals surface area contributed by atoms with Gasteiger partial charge in [-0.1, -0.05) is 12.0 Å². The minimum absolute atomic E-state index is 0.383. The summed E-state index contributed by atoms with van der Waals surface area (Å²) in [5.41, 5.74) is 6.57. The molecule has 0 spiro atoms. The van der Waals surface area contributed by atoms with E-state index in [1.807, 2.05) is 18.2 Å². The molecule has 14 heavy (non-hydrogen) atoms. The van der Waals surface area contributed by atoms with Crippen molar-refractivity contribution in [1.29, 1.82) is 0 Å². The molecule has 1 aliphatic rings.